The van der Waals surface area contributed by atoms with Crippen LogP contribution in [0.25, 0.3) is 22.2 Å². The number of nitrogens with one attached hydrogen (secondary N) is 1. The molecule has 1 amide bonds. The van der Waals surface area contributed by atoms with E-state index in [0.717, 1.165) is 32.8 Å². The number of rotatable bonds is 7. The SMILES string of the molecule is CCOc1ccc(-c2cc(C(=O)N/N=C(/CC)c3ccc(Cl)s3)c3ccccc3n2)cc1. The molecular weight excluding hydrogens is 442 g/mol. The van der Waals surface area contributed by atoms with Gasteiger partial charge in [-0.25, -0.2) is 10.4 Å². The summed E-state index contributed by atoms with van der Waals surface area (Å²) in [4.78, 5) is 18.8. The van der Waals surface area contributed by atoms with E-state index in [-0.39, 0.29) is 5.91 Å². The van der Waals surface area contributed by atoms with Crippen molar-refractivity contribution in [2.75, 3.05) is 6.61 Å². The fourth-order valence-electron chi connectivity index (χ4n) is 3.36. The van der Waals surface area contributed by atoms with Crippen molar-refractivity contribution in [2.24, 2.45) is 5.10 Å². The first kappa shape index (κ1) is 22.0. The first-order valence-electron chi connectivity index (χ1n) is 10.3. The molecule has 5 nitrogen and oxygen atoms in total. The van der Waals surface area contributed by atoms with Crippen molar-refractivity contribution in [3.63, 3.8) is 0 Å². The summed E-state index contributed by atoms with van der Waals surface area (Å²) >= 11 is 7.49. The van der Waals surface area contributed by atoms with Gasteiger partial charge in [-0.05, 0) is 61.9 Å². The molecule has 162 valence electrons. The summed E-state index contributed by atoms with van der Waals surface area (Å²) < 4.78 is 6.21. The van der Waals surface area contributed by atoms with Crippen LogP contribution in [0.1, 0.15) is 35.5 Å². The molecule has 0 radical (unpaired) electrons. The Balaban J connectivity index is 1.69. The van der Waals surface area contributed by atoms with Crippen LogP contribution in [0.15, 0.2) is 71.8 Å². The van der Waals surface area contributed by atoms with Crippen molar-refractivity contribution in [2.45, 2.75) is 20.3 Å². The van der Waals surface area contributed by atoms with Gasteiger partial charge in [-0.1, -0.05) is 36.7 Å². The maximum Gasteiger partial charge on any atom is 0.272 e. The number of amides is 1. The molecule has 0 saturated heterocycles. The second-order valence-electron chi connectivity index (χ2n) is 6.99. The van der Waals surface area contributed by atoms with Crippen molar-refractivity contribution >= 4 is 45.5 Å². The minimum absolute atomic E-state index is 0.288. The molecule has 32 heavy (non-hydrogen) atoms. The Bertz CT molecular complexity index is 1280. The average molecular weight is 464 g/mol. The van der Waals surface area contributed by atoms with Crippen LogP contribution in [-0.4, -0.2) is 23.2 Å². The largest absolute Gasteiger partial charge is 0.494 e. The van der Waals surface area contributed by atoms with Crippen LogP contribution in [0.2, 0.25) is 4.34 Å². The van der Waals surface area contributed by atoms with Crippen molar-refractivity contribution < 1.29 is 9.53 Å². The van der Waals surface area contributed by atoms with E-state index in [1.165, 1.54) is 11.3 Å². The third-order valence-corrected chi connectivity index (χ3v) is 6.19. The molecule has 0 fully saturated rings. The molecule has 0 atom stereocenters. The molecule has 0 aliphatic heterocycles. The van der Waals surface area contributed by atoms with Gasteiger partial charge in [0.25, 0.3) is 5.91 Å². The molecule has 0 unspecified atom stereocenters. The molecule has 0 spiro atoms. The number of carbonyl (C=O) groups is 1. The van der Waals surface area contributed by atoms with E-state index in [0.29, 0.717) is 28.6 Å². The summed E-state index contributed by atoms with van der Waals surface area (Å²) in [6, 6.07) is 20.8. The highest BCUT2D eigenvalue weighted by atomic mass is 35.5. The number of hydrogen-bond donors (Lipinski definition) is 1. The summed E-state index contributed by atoms with van der Waals surface area (Å²) in [7, 11) is 0. The number of hydrazone groups is 1. The Morgan fingerprint density at radius 3 is 2.56 bits per heavy atom. The molecule has 0 bridgehead atoms. The lowest BCUT2D eigenvalue weighted by Crippen LogP contribution is -2.20. The summed E-state index contributed by atoms with van der Waals surface area (Å²) in [6.45, 7) is 4.55. The highest BCUT2D eigenvalue weighted by Gasteiger charge is 2.14. The standard InChI is InChI=1S/C25H22ClN3O2S/c1-3-20(23-13-14-24(26)32-23)28-29-25(30)19-15-22(27-21-8-6-5-7-18(19)21)16-9-11-17(12-10-16)31-4-2/h5-15H,3-4H2,1-2H3,(H,29,30)/b28-20-. The van der Waals surface area contributed by atoms with Crippen LogP contribution < -0.4 is 10.2 Å². The van der Waals surface area contributed by atoms with Gasteiger partial charge in [0.2, 0.25) is 0 Å². The number of aromatic nitrogens is 1. The van der Waals surface area contributed by atoms with E-state index in [2.05, 4.69) is 10.5 Å². The van der Waals surface area contributed by atoms with Gasteiger partial charge in [0.1, 0.15) is 5.75 Å². The fourth-order valence-corrected chi connectivity index (χ4v) is 4.46. The van der Waals surface area contributed by atoms with Gasteiger partial charge in [-0.3, -0.25) is 4.79 Å². The van der Waals surface area contributed by atoms with Crippen LogP contribution in [0.5, 0.6) is 5.75 Å². The highest BCUT2D eigenvalue weighted by molar-refractivity contribution is 7.18. The molecule has 0 aliphatic rings. The zero-order chi connectivity index (χ0) is 22.5. The highest BCUT2D eigenvalue weighted by Crippen LogP contribution is 2.27. The molecule has 0 aliphatic carbocycles. The first-order valence-corrected chi connectivity index (χ1v) is 11.5. The number of fused-ring (bicyclic) bond motifs is 1. The Morgan fingerprint density at radius 2 is 1.88 bits per heavy atom. The number of carbonyl (C=O) groups excluding carboxylic acids is 1. The zero-order valence-electron chi connectivity index (χ0n) is 17.8. The number of hydrogen-bond acceptors (Lipinski definition) is 5. The molecule has 0 saturated carbocycles. The molecule has 1 N–H and O–H groups in total. The lowest BCUT2D eigenvalue weighted by Gasteiger charge is -2.10. The number of thiophene rings is 1. The number of pyridine rings is 1. The van der Waals surface area contributed by atoms with Gasteiger partial charge in [-0.15, -0.1) is 11.3 Å². The van der Waals surface area contributed by atoms with Crippen LogP contribution >= 0.6 is 22.9 Å². The van der Waals surface area contributed by atoms with Crippen LogP contribution in [-0.2, 0) is 0 Å². The quantitative estimate of drug-likeness (QED) is 0.249. The normalized spacial score (nSPS) is 11.5. The van der Waals surface area contributed by atoms with Crippen LogP contribution in [0.4, 0.5) is 0 Å². The van der Waals surface area contributed by atoms with Crippen molar-refractivity contribution in [3.05, 3.63) is 81.5 Å². The number of benzene rings is 2. The second-order valence-corrected chi connectivity index (χ2v) is 8.70. The van der Waals surface area contributed by atoms with Crippen molar-refractivity contribution in [1.29, 1.82) is 0 Å². The van der Waals surface area contributed by atoms with E-state index >= 15 is 0 Å². The molecule has 2 aromatic carbocycles. The number of para-hydroxylation sites is 1. The van der Waals surface area contributed by atoms with Gasteiger partial charge in [0.15, 0.2) is 0 Å². The van der Waals surface area contributed by atoms with Gasteiger partial charge in [0.05, 0.1) is 38.3 Å². The Kier molecular flexibility index (Phi) is 6.83. The Hall–Kier alpha value is -3.22. The van der Waals surface area contributed by atoms with E-state index in [9.17, 15) is 4.79 Å². The van der Waals surface area contributed by atoms with Gasteiger partial charge >= 0.3 is 0 Å². The third kappa shape index (κ3) is 4.82. The van der Waals surface area contributed by atoms with E-state index < -0.39 is 0 Å². The minimum atomic E-state index is -0.288. The van der Waals surface area contributed by atoms with E-state index in [1.807, 2.05) is 74.5 Å². The zero-order valence-corrected chi connectivity index (χ0v) is 19.3. The number of ether oxygens (including phenoxy) is 1. The summed E-state index contributed by atoms with van der Waals surface area (Å²) in [6.07, 6.45) is 0.672. The number of nitrogens with zero attached hydrogens (tertiary/aromatic N) is 2. The van der Waals surface area contributed by atoms with Crippen molar-refractivity contribution in [1.82, 2.24) is 10.4 Å². The van der Waals surface area contributed by atoms with Gasteiger partial charge in [0, 0.05) is 10.9 Å². The van der Waals surface area contributed by atoms with Gasteiger partial charge < -0.3 is 4.74 Å². The lowest BCUT2D eigenvalue weighted by atomic mass is 10.0. The van der Waals surface area contributed by atoms with Crippen molar-refractivity contribution in [3.8, 4) is 17.0 Å². The predicted octanol–water partition coefficient (Wildman–Crippen LogP) is 6.56. The van der Waals surface area contributed by atoms with Crippen LogP contribution in [0.3, 0.4) is 0 Å². The fraction of sp³-hybridized carbons (Fsp3) is 0.160. The molecular formula is C25H22ClN3O2S. The van der Waals surface area contributed by atoms with E-state index in [4.69, 9.17) is 21.3 Å². The molecule has 2 aromatic heterocycles. The monoisotopic (exact) mass is 463 g/mol. The summed E-state index contributed by atoms with van der Waals surface area (Å²) in [5.74, 6) is 0.509. The second kappa shape index (κ2) is 9.94. The summed E-state index contributed by atoms with van der Waals surface area (Å²) in [5.41, 5.74) is 6.37. The Morgan fingerprint density at radius 1 is 1.09 bits per heavy atom. The van der Waals surface area contributed by atoms with Gasteiger partial charge in [-0.2, -0.15) is 5.10 Å². The Labute approximate surface area is 195 Å². The van der Waals surface area contributed by atoms with Crippen LogP contribution in [0, 0.1) is 0 Å². The molecule has 4 aromatic rings. The first-order chi connectivity index (χ1) is 15.6. The topological polar surface area (TPSA) is 63.6 Å². The molecule has 2 heterocycles. The maximum absolute atomic E-state index is 13.1. The smallest absolute Gasteiger partial charge is 0.272 e. The summed E-state index contributed by atoms with van der Waals surface area (Å²) in [5, 5.41) is 5.15. The number of halogens is 1. The maximum atomic E-state index is 13.1. The lowest BCUT2D eigenvalue weighted by molar-refractivity contribution is 0.0956. The van der Waals surface area contributed by atoms with E-state index in [1.54, 1.807) is 6.07 Å². The molecule has 7 heteroatoms. The predicted molar refractivity (Wildman–Crippen MR) is 132 cm³/mol. The molecule has 4 rings (SSSR count). The average Bonchev–Trinajstić information content (AvgIpc) is 3.25. The minimum Gasteiger partial charge on any atom is -0.494 e. The third-order valence-electron chi connectivity index (χ3n) is 4.91.